The van der Waals surface area contributed by atoms with Crippen LogP contribution in [0.4, 0.5) is 0 Å². The van der Waals surface area contributed by atoms with Gasteiger partial charge >= 0.3 is 0 Å². The van der Waals surface area contributed by atoms with E-state index in [1.54, 1.807) is 13.4 Å². The predicted molar refractivity (Wildman–Crippen MR) is 81.8 cm³/mol. The van der Waals surface area contributed by atoms with Crippen LogP contribution in [0, 0.1) is 0 Å². The number of rotatable bonds is 7. The first kappa shape index (κ1) is 15.0. The highest BCUT2D eigenvalue weighted by molar-refractivity contribution is 9.10. The Morgan fingerprint density at radius 3 is 2.95 bits per heavy atom. The van der Waals surface area contributed by atoms with E-state index in [4.69, 9.17) is 4.74 Å². The highest BCUT2D eigenvalue weighted by atomic mass is 79.9. The lowest BCUT2D eigenvalue weighted by Crippen LogP contribution is -2.20. The molecule has 0 bridgehead atoms. The van der Waals surface area contributed by atoms with Gasteiger partial charge in [0, 0.05) is 12.5 Å². The van der Waals surface area contributed by atoms with Crippen molar-refractivity contribution in [1.82, 2.24) is 20.5 Å². The monoisotopic (exact) mass is 338 g/mol. The van der Waals surface area contributed by atoms with E-state index < -0.39 is 0 Å². The molecule has 0 saturated heterocycles. The van der Waals surface area contributed by atoms with Crippen LogP contribution in [-0.2, 0) is 6.42 Å². The number of H-pyrrole nitrogens is 1. The number of methoxy groups -OCH3 is 1. The van der Waals surface area contributed by atoms with Crippen molar-refractivity contribution in [1.29, 1.82) is 0 Å². The molecule has 1 atom stereocenters. The number of aryl methyl sites for hydroxylation is 1. The predicted octanol–water partition coefficient (Wildman–Crippen LogP) is 2.86. The smallest absolute Gasteiger partial charge is 0.137 e. The largest absolute Gasteiger partial charge is 0.496 e. The Bertz CT molecular complexity index is 530. The fraction of sp³-hybridized carbons (Fsp3) is 0.429. The van der Waals surface area contributed by atoms with Crippen molar-refractivity contribution in [3.8, 4) is 5.75 Å². The van der Waals surface area contributed by atoms with Crippen molar-refractivity contribution in [2.45, 2.75) is 25.8 Å². The minimum atomic E-state index is 0.298. The van der Waals surface area contributed by atoms with Gasteiger partial charge in [-0.25, -0.2) is 4.98 Å². The van der Waals surface area contributed by atoms with Crippen molar-refractivity contribution in [2.24, 2.45) is 0 Å². The van der Waals surface area contributed by atoms with Gasteiger partial charge < -0.3 is 10.1 Å². The number of halogens is 1. The first-order valence-electron chi connectivity index (χ1n) is 6.61. The summed E-state index contributed by atoms with van der Waals surface area (Å²) in [7, 11) is 1.67. The average molecular weight is 339 g/mol. The maximum Gasteiger partial charge on any atom is 0.137 e. The molecule has 0 saturated carbocycles. The Balaban J connectivity index is 1.79. The van der Waals surface area contributed by atoms with Gasteiger partial charge in [0.25, 0.3) is 0 Å². The molecule has 1 unspecified atom stereocenters. The molecule has 0 aliphatic rings. The average Bonchev–Trinajstić information content (AvgIpc) is 2.96. The molecule has 2 rings (SSSR count). The quantitative estimate of drug-likeness (QED) is 0.762. The number of benzene rings is 1. The van der Waals surface area contributed by atoms with Gasteiger partial charge in [-0.3, -0.25) is 5.10 Å². The van der Waals surface area contributed by atoms with E-state index in [1.807, 2.05) is 6.07 Å². The summed E-state index contributed by atoms with van der Waals surface area (Å²) in [5.74, 6) is 1.79. The molecule has 0 aliphatic heterocycles. The number of aromatic amines is 1. The van der Waals surface area contributed by atoms with E-state index in [0.717, 1.165) is 35.4 Å². The standard InChI is InChI=1S/C14H19BrN4O/c1-10(11-5-6-13(20-2)12(15)8-11)16-7-3-4-14-17-9-18-19-14/h5-6,8-10,16H,3-4,7H2,1-2H3,(H,17,18,19). The van der Waals surface area contributed by atoms with Gasteiger partial charge in [-0.2, -0.15) is 5.10 Å². The Kier molecular flexibility index (Phi) is 5.55. The molecule has 0 fully saturated rings. The maximum atomic E-state index is 5.24. The first-order chi connectivity index (χ1) is 9.70. The molecule has 20 heavy (non-hydrogen) atoms. The number of nitrogens with zero attached hydrogens (tertiary/aromatic N) is 2. The minimum Gasteiger partial charge on any atom is -0.496 e. The number of aromatic nitrogens is 3. The zero-order valence-corrected chi connectivity index (χ0v) is 13.3. The zero-order chi connectivity index (χ0) is 14.4. The lowest BCUT2D eigenvalue weighted by Gasteiger charge is -2.15. The van der Waals surface area contributed by atoms with Crippen LogP contribution in [0.1, 0.15) is 30.8 Å². The van der Waals surface area contributed by atoms with Gasteiger partial charge in [-0.15, -0.1) is 0 Å². The summed E-state index contributed by atoms with van der Waals surface area (Å²) in [4.78, 5) is 4.11. The zero-order valence-electron chi connectivity index (χ0n) is 11.7. The fourth-order valence-corrected chi connectivity index (χ4v) is 2.55. The summed E-state index contributed by atoms with van der Waals surface area (Å²) in [5, 5.41) is 10.2. The highest BCUT2D eigenvalue weighted by Crippen LogP contribution is 2.27. The molecular formula is C14H19BrN4O. The molecular weight excluding hydrogens is 320 g/mol. The van der Waals surface area contributed by atoms with Crippen molar-refractivity contribution in [3.05, 3.63) is 40.4 Å². The van der Waals surface area contributed by atoms with Gasteiger partial charge in [-0.05, 0) is 53.5 Å². The third-order valence-electron chi connectivity index (χ3n) is 3.18. The summed E-state index contributed by atoms with van der Waals surface area (Å²) < 4.78 is 6.22. The van der Waals surface area contributed by atoms with Crippen LogP contribution in [0.2, 0.25) is 0 Å². The fourth-order valence-electron chi connectivity index (χ4n) is 2.00. The molecule has 2 aromatic rings. The van der Waals surface area contributed by atoms with E-state index >= 15 is 0 Å². The van der Waals surface area contributed by atoms with Crippen LogP contribution in [-0.4, -0.2) is 28.8 Å². The second-order valence-corrected chi connectivity index (χ2v) is 5.46. The normalized spacial score (nSPS) is 12.3. The SMILES string of the molecule is COc1ccc(C(C)NCCCc2ncn[nH]2)cc1Br. The Morgan fingerprint density at radius 2 is 2.30 bits per heavy atom. The van der Waals surface area contributed by atoms with E-state index in [2.05, 4.69) is 55.5 Å². The molecule has 1 heterocycles. The Morgan fingerprint density at radius 1 is 1.45 bits per heavy atom. The van der Waals surface area contributed by atoms with Crippen LogP contribution in [0.5, 0.6) is 5.75 Å². The molecule has 0 aliphatic carbocycles. The number of hydrogen-bond donors (Lipinski definition) is 2. The minimum absolute atomic E-state index is 0.298. The summed E-state index contributed by atoms with van der Waals surface area (Å²) in [6.07, 6.45) is 3.48. The molecule has 2 N–H and O–H groups in total. The van der Waals surface area contributed by atoms with Crippen molar-refractivity contribution in [2.75, 3.05) is 13.7 Å². The van der Waals surface area contributed by atoms with Crippen LogP contribution in [0.3, 0.4) is 0 Å². The van der Waals surface area contributed by atoms with Gasteiger partial charge in [0.15, 0.2) is 0 Å². The lowest BCUT2D eigenvalue weighted by atomic mass is 10.1. The summed E-state index contributed by atoms with van der Waals surface area (Å²) >= 11 is 3.51. The Labute approximate surface area is 127 Å². The topological polar surface area (TPSA) is 62.8 Å². The van der Waals surface area contributed by atoms with E-state index in [-0.39, 0.29) is 0 Å². The van der Waals surface area contributed by atoms with Crippen LogP contribution in [0.15, 0.2) is 29.0 Å². The van der Waals surface area contributed by atoms with Crippen molar-refractivity contribution < 1.29 is 4.74 Å². The third-order valence-corrected chi connectivity index (χ3v) is 3.80. The van der Waals surface area contributed by atoms with Crippen LogP contribution in [0.25, 0.3) is 0 Å². The van der Waals surface area contributed by atoms with Crippen LogP contribution >= 0.6 is 15.9 Å². The van der Waals surface area contributed by atoms with E-state index in [0.29, 0.717) is 6.04 Å². The molecule has 1 aromatic carbocycles. The molecule has 0 spiro atoms. The molecule has 0 radical (unpaired) electrons. The lowest BCUT2D eigenvalue weighted by molar-refractivity contribution is 0.411. The van der Waals surface area contributed by atoms with Crippen molar-refractivity contribution >= 4 is 15.9 Å². The van der Waals surface area contributed by atoms with E-state index in [1.165, 1.54) is 5.56 Å². The second-order valence-electron chi connectivity index (χ2n) is 4.61. The maximum absolute atomic E-state index is 5.24. The highest BCUT2D eigenvalue weighted by Gasteiger charge is 2.07. The van der Waals surface area contributed by atoms with Gasteiger partial charge in [0.05, 0.1) is 11.6 Å². The van der Waals surface area contributed by atoms with Gasteiger partial charge in [0.2, 0.25) is 0 Å². The third kappa shape index (κ3) is 4.05. The van der Waals surface area contributed by atoms with Gasteiger partial charge in [0.1, 0.15) is 17.9 Å². The number of ether oxygens (including phenoxy) is 1. The number of hydrogen-bond acceptors (Lipinski definition) is 4. The summed E-state index contributed by atoms with van der Waals surface area (Å²) in [6.45, 7) is 3.09. The second kappa shape index (κ2) is 7.40. The van der Waals surface area contributed by atoms with Crippen LogP contribution < -0.4 is 10.1 Å². The summed E-state index contributed by atoms with van der Waals surface area (Å²) in [5.41, 5.74) is 1.23. The van der Waals surface area contributed by atoms with Crippen molar-refractivity contribution in [3.63, 3.8) is 0 Å². The van der Waals surface area contributed by atoms with Gasteiger partial charge in [-0.1, -0.05) is 6.07 Å². The molecule has 108 valence electrons. The first-order valence-corrected chi connectivity index (χ1v) is 7.41. The summed E-state index contributed by atoms with van der Waals surface area (Å²) in [6, 6.07) is 6.45. The van der Waals surface area contributed by atoms with E-state index in [9.17, 15) is 0 Å². The molecule has 5 nitrogen and oxygen atoms in total. The molecule has 0 amide bonds. The molecule has 1 aromatic heterocycles. The molecule has 6 heteroatoms. The Hall–Kier alpha value is -1.40. The number of nitrogens with one attached hydrogen (secondary N) is 2.